The Bertz CT molecular complexity index is 340. The van der Waals surface area contributed by atoms with E-state index in [0.29, 0.717) is 5.78 Å². The molecule has 0 saturated carbocycles. The second-order valence-corrected chi connectivity index (χ2v) is 7.15. The maximum absolute atomic E-state index is 13.0. The van der Waals surface area contributed by atoms with E-state index >= 15 is 0 Å². The van der Waals surface area contributed by atoms with Crippen LogP contribution in [-0.4, -0.2) is 30.1 Å². The maximum Gasteiger partial charge on any atom is 0.146 e. The molecule has 18 heavy (non-hydrogen) atoms. The molecule has 2 saturated heterocycles. The number of hydrogen-bond donors (Lipinski definition) is 1. The lowest BCUT2D eigenvalue weighted by Crippen LogP contribution is -2.43. The van der Waals surface area contributed by atoms with Crippen LogP contribution in [0.4, 0.5) is 0 Å². The summed E-state index contributed by atoms with van der Waals surface area (Å²) in [5.74, 6) is 0.456. The Morgan fingerprint density at radius 3 is 2.39 bits per heavy atom. The highest BCUT2D eigenvalue weighted by atomic mass is 16.5. The van der Waals surface area contributed by atoms with E-state index in [1.807, 2.05) is 0 Å². The summed E-state index contributed by atoms with van der Waals surface area (Å²) in [5, 5.41) is 3.35. The number of carbonyl (C=O) groups is 1. The Labute approximate surface area is 111 Å². The standard InChI is InChI=1S/C15H27NO2/c1-6-15(7-8-16-10-15)12(17)11-9-13(2,3)18-14(11,4)5/h11,16H,6-10H2,1-5H3. The van der Waals surface area contributed by atoms with Gasteiger partial charge in [0.2, 0.25) is 0 Å². The highest BCUT2D eigenvalue weighted by molar-refractivity contribution is 5.89. The van der Waals surface area contributed by atoms with Gasteiger partial charge in [0.05, 0.1) is 11.2 Å². The molecule has 0 radical (unpaired) electrons. The predicted molar refractivity (Wildman–Crippen MR) is 72.6 cm³/mol. The first-order chi connectivity index (χ1) is 8.22. The van der Waals surface area contributed by atoms with Gasteiger partial charge < -0.3 is 10.1 Å². The van der Waals surface area contributed by atoms with Gasteiger partial charge in [-0.15, -0.1) is 0 Å². The predicted octanol–water partition coefficient (Wildman–Crippen LogP) is 2.54. The van der Waals surface area contributed by atoms with E-state index in [0.717, 1.165) is 32.4 Å². The topological polar surface area (TPSA) is 38.3 Å². The van der Waals surface area contributed by atoms with Crippen LogP contribution in [0.3, 0.4) is 0 Å². The van der Waals surface area contributed by atoms with Crippen molar-refractivity contribution in [3.05, 3.63) is 0 Å². The molecule has 104 valence electrons. The zero-order valence-corrected chi connectivity index (χ0v) is 12.4. The molecule has 0 aromatic heterocycles. The second-order valence-electron chi connectivity index (χ2n) is 7.15. The lowest BCUT2D eigenvalue weighted by Gasteiger charge is -2.33. The third-order valence-corrected chi connectivity index (χ3v) is 4.83. The van der Waals surface area contributed by atoms with E-state index in [2.05, 4.69) is 39.9 Å². The summed E-state index contributed by atoms with van der Waals surface area (Å²) in [7, 11) is 0. The van der Waals surface area contributed by atoms with Gasteiger partial charge in [0, 0.05) is 17.9 Å². The number of ketones is 1. The van der Waals surface area contributed by atoms with Gasteiger partial charge in [-0.3, -0.25) is 4.79 Å². The SMILES string of the molecule is CCC1(C(=O)C2CC(C)(C)OC2(C)C)CCNC1. The molecule has 3 heteroatoms. The van der Waals surface area contributed by atoms with Crippen LogP contribution in [0.25, 0.3) is 0 Å². The van der Waals surface area contributed by atoms with Gasteiger partial charge in [-0.25, -0.2) is 0 Å². The summed E-state index contributed by atoms with van der Waals surface area (Å²) in [6.45, 7) is 12.3. The summed E-state index contributed by atoms with van der Waals surface area (Å²) < 4.78 is 6.08. The molecule has 0 aliphatic carbocycles. The highest BCUT2D eigenvalue weighted by Gasteiger charge is 2.54. The fourth-order valence-electron chi connectivity index (χ4n) is 3.77. The average Bonchev–Trinajstić information content (AvgIpc) is 2.80. The maximum atomic E-state index is 13.0. The fraction of sp³-hybridized carbons (Fsp3) is 0.933. The Balaban J connectivity index is 2.23. The van der Waals surface area contributed by atoms with E-state index < -0.39 is 0 Å². The van der Waals surface area contributed by atoms with Gasteiger partial charge >= 0.3 is 0 Å². The molecule has 0 aromatic rings. The number of Topliss-reactive ketones (excluding diaryl/α,β-unsaturated/α-hetero) is 1. The number of nitrogens with one attached hydrogen (secondary N) is 1. The van der Waals surface area contributed by atoms with E-state index in [-0.39, 0.29) is 22.5 Å². The van der Waals surface area contributed by atoms with Crippen LogP contribution in [0.5, 0.6) is 0 Å². The summed E-state index contributed by atoms with van der Waals surface area (Å²) in [4.78, 5) is 13.0. The molecule has 0 spiro atoms. The lowest BCUT2D eigenvalue weighted by molar-refractivity contribution is -0.138. The van der Waals surface area contributed by atoms with Crippen molar-refractivity contribution in [1.29, 1.82) is 0 Å². The molecular formula is C15H27NO2. The summed E-state index contributed by atoms with van der Waals surface area (Å²) >= 11 is 0. The van der Waals surface area contributed by atoms with Gasteiger partial charge in [0.25, 0.3) is 0 Å². The second kappa shape index (κ2) is 4.31. The van der Waals surface area contributed by atoms with Crippen molar-refractivity contribution in [2.75, 3.05) is 13.1 Å². The normalized spacial score (nSPS) is 37.9. The minimum Gasteiger partial charge on any atom is -0.369 e. The van der Waals surface area contributed by atoms with Crippen LogP contribution in [0, 0.1) is 11.3 Å². The third-order valence-electron chi connectivity index (χ3n) is 4.83. The Kier molecular flexibility index (Phi) is 3.35. The van der Waals surface area contributed by atoms with Crippen LogP contribution in [0.15, 0.2) is 0 Å². The van der Waals surface area contributed by atoms with Gasteiger partial charge in [-0.1, -0.05) is 6.92 Å². The van der Waals surface area contributed by atoms with Gasteiger partial charge in [0.1, 0.15) is 5.78 Å². The van der Waals surface area contributed by atoms with Crippen molar-refractivity contribution < 1.29 is 9.53 Å². The van der Waals surface area contributed by atoms with Gasteiger partial charge in [0.15, 0.2) is 0 Å². The van der Waals surface area contributed by atoms with Crippen molar-refractivity contribution >= 4 is 5.78 Å². The Morgan fingerprint density at radius 1 is 1.33 bits per heavy atom. The fourth-order valence-corrected chi connectivity index (χ4v) is 3.77. The lowest BCUT2D eigenvalue weighted by atomic mass is 9.70. The molecule has 2 rings (SSSR count). The molecule has 2 unspecified atom stereocenters. The minimum atomic E-state index is -0.328. The molecule has 1 N–H and O–H groups in total. The molecule has 2 fully saturated rings. The summed E-state index contributed by atoms with van der Waals surface area (Å²) in [6, 6.07) is 0. The quantitative estimate of drug-likeness (QED) is 0.840. The van der Waals surface area contributed by atoms with E-state index in [4.69, 9.17) is 4.74 Å². The first-order valence-electron chi connectivity index (χ1n) is 7.18. The van der Waals surface area contributed by atoms with Crippen molar-refractivity contribution in [3.8, 4) is 0 Å². The smallest absolute Gasteiger partial charge is 0.146 e. The molecule has 0 amide bonds. The molecule has 0 bridgehead atoms. The molecule has 2 heterocycles. The van der Waals surface area contributed by atoms with Crippen LogP contribution in [0.2, 0.25) is 0 Å². The monoisotopic (exact) mass is 253 g/mol. The first kappa shape index (κ1) is 14.0. The molecule has 2 aliphatic heterocycles. The summed E-state index contributed by atoms with van der Waals surface area (Å²) in [5.41, 5.74) is -0.651. The first-order valence-corrected chi connectivity index (χ1v) is 7.18. The van der Waals surface area contributed by atoms with Crippen LogP contribution >= 0.6 is 0 Å². The number of carbonyl (C=O) groups excluding carboxylic acids is 1. The van der Waals surface area contributed by atoms with E-state index in [1.165, 1.54) is 0 Å². The number of hydrogen-bond acceptors (Lipinski definition) is 3. The average molecular weight is 253 g/mol. The molecular weight excluding hydrogens is 226 g/mol. The number of ether oxygens (including phenoxy) is 1. The number of rotatable bonds is 3. The van der Waals surface area contributed by atoms with Crippen LogP contribution < -0.4 is 5.32 Å². The van der Waals surface area contributed by atoms with Crippen molar-refractivity contribution in [2.24, 2.45) is 11.3 Å². The summed E-state index contributed by atoms with van der Waals surface area (Å²) in [6.07, 6.45) is 2.77. The largest absolute Gasteiger partial charge is 0.369 e. The Morgan fingerprint density at radius 2 is 2.00 bits per heavy atom. The third kappa shape index (κ3) is 2.23. The van der Waals surface area contributed by atoms with Gasteiger partial charge in [-0.05, 0) is 53.5 Å². The zero-order valence-electron chi connectivity index (χ0n) is 12.4. The molecule has 3 nitrogen and oxygen atoms in total. The Hall–Kier alpha value is -0.410. The minimum absolute atomic E-state index is 0.0346. The van der Waals surface area contributed by atoms with Crippen LogP contribution in [-0.2, 0) is 9.53 Å². The van der Waals surface area contributed by atoms with Gasteiger partial charge in [-0.2, -0.15) is 0 Å². The van der Waals surface area contributed by atoms with E-state index in [9.17, 15) is 4.79 Å². The van der Waals surface area contributed by atoms with E-state index in [1.54, 1.807) is 0 Å². The molecule has 0 aromatic carbocycles. The van der Waals surface area contributed by atoms with Crippen molar-refractivity contribution in [1.82, 2.24) is 5.32 Å². The highest BCUT2D eigenvalue weighted by Crippen LogP contribution is 2.47. The van der Waals surface area contributed by atoms with Crippen LogP contribution in [0.1, 0.15) is 53.9 Å². The van der Waals surface area contributed by atoms with Crippen molar-refractivity contribution in [3.63, 3.8) is 0 Å². The molecule has 2 atom stereocenters. The van der Waals surface area contributed by atoms with Crippen molar-refractivity contribution in [2.45, 2.75) is 65.1 Å². The zero-order chi connectivity index (χ0) is 13.6. The molecule has 2 aliphatic rings.